The van der Waals surface area contributed by atoms with Crippen LogP contribution in [0.2, 0.25) is 5.02 Å². The number of rotatable bonds is 7. The molecule has 0 amide bonds. The zero-order chi connectivity index (χ0) is 18.9. The molecule has 27 heavy (non-hydrogen) atoms. The lowest BCUT2D eigenvalue weighted by atomic mass is 10.1. The van der Waals surface area contributed by atoms with Gasteiger partial charge in [-0.1, -0.05) is 48.0 Å². The lowest BCUT2D eigenvalue weighted by molar-refractivity contribution is 0.483. The van der Waals surface area contributed by atoms with Gasteiger partial charge in [0, 0.05) is 17.3 Å². The highest BCUT2D eigenvalue weighted by molar-refractivity contribution is 7.80. The molecule has 3 rings (SSSR count). The predicted octanol–water partition coefficient (Wildman–Crippen LogP) is 6.05. The minimum Gasteiger partial charge on any atom is -0.457 e. The largest absolute Gasteiger partial charge is 0.457 e. The molecule has 138 valence electrons. The van der Waals surface area contributed by atoms with Crippen LogP contribution in [0.1, 0.15) is 12.0 Å². The van der Waals surface area contributed by atoms with Crippen LogP contribution in [0.5, 0.6) is 11.5 Å². The average Bonchev–Trinajstić information content (AvgIpc) is 2.68. The van der Waals surface area contributed by atoms with Crippen molar-refractivity contribution in [1.29, 1.82) is 0 Å². The van der Waals surface area contributed by atoms with E-state index in [2.05, 4.69) is 34.9 Å². The number of nitrogens with one attached hydrogen (secondary N) is 2. The maximum atomic E-state index is 5.97. The molecule has 0 aliphatic carbocycles. The Kier molecular flexibility index (Phi) is 7.08. The van der Waals surface area contributed by atoms with Gasteiger partial charge < -0.3 is 15.4 Å². The van der Waals surface area contributed by atoms with Crippen LogP contribution in [0.25, 0.3) is 0 Å². The van der Waals surface area contributed by atoms with Crippen LogP contribution in [-0.2, 0) is 6.42 Å². The summed E-state index contributed by atoms with van der Waals surface area (Å²) in [6, 6.07) is 25.4. The smallest absolute Gasteiger partial charge is 0.170 e. The minimum absolute atomic E-state index is 0.617. The van der Waals surface area contributed by atoms with E-state index in [0.29, 0.717) is 15.9 Å². The van der Waals surface area contributed by atoms with Crippen LogP contribution in [0.15, 0.2) is 78.9 Å². The van der Waals surface area contributed by atoms with Crippen LogP contribution in [0.3, 0.4) is 0 Å². The van der Waals surface area contributed by atoms with Gasteiger partial charge in [-0.25, -0.2) is 0 Å². The van der Waals surface area contributed by atoms with Crippen LogP contribution in [-0.4, -0.2) is 11.7 Å². The molecule has 0 unspecified atom stereocenters. The Morgan fingerprint density at radius 3 is 2.41 bits per heavy atom. The summed E-state index contributed by atoms with van der Waals surface area (Å²) in [6.07, 6.45) is 2.06. The first kappa shape index (κ1) is 19.2. The Morgan fingerprint density at radius 2 is 1.67 bits per heavy atom. The van der Waals surface area contributed by atoms with Gasteiger partial charge in [-0.2, -0.15) is 0 Å². The van der Waals surface area contributed by atoms with E-state index < -0.39 is 0 Å². The zero-order valence-corrected chi connectivity index (χ0v) is 16.4. The highest BCUT2D eigenvalue weighted by atomic mass is 35.5. The monoisotopic (exact) mass is 396 g/mol. The molecule has 0 spiro atoms. The van der Waals surface area contributed by atoms with Crippen LogP contribution in [0.4, 0.5) is 5.69 Å². The fourth-order valence-corrected chi connectivity index (χ4v) is 2.99. The number of aryl methyl sites for hydroxylation is 1. The van der Waals surface area contributed by atoms with Crippen molar-refractivity contribution in [3.8, 4) is 11.5 Å². The molecular formula is C22H21ClN2OS. The molecule has 2 N–H and O–H groups in total. The Labute approximate surface area is 170 Å². The van der Waals surface area contributed by atoms with Crippen LogP contribution < -0.4 is 15.4 Å². The lowest BCUT2D eigenvalue weighted by Gasteiger charge is -2.11. The van der Waals surface area contributed by atoms with Gasteiger partial charge in [0.25, 0.3) is 0 Å². The first-order valence-electron chi connectivity index (χ1n) is 8.81. The van der Waals surface area contributed by atoms with E-state index >= 15 is 0 Å². The second-order valence-electron chi connectivity index (χ2n) is 6.05. The van der Waals surface area contributed by atoms with Crippen molar-refractivity contribution in [3.05, 3.63) is 89.4 Å². The molecule has 0 aromatic heterocycles. The van der Waals surface area contributed by atoms with E-state index in [1.54, 1.807) is 6.07 Å². The summed E-state index contributed by atoms with van der Waals surface area (Å²) in [5.41, 5.74) is 2.25. The Hall–Kier alpha value is -2.56. The van der Waals surface area contributed by atoms with Crippen molar-refractivity contribution in [1.82, 2.24) is 5.32 Å². The number of hydrogen-bond donors (Lipinski definition) is 2. The fourth-order valence-electron chi connectivity index (χ4n) is 2.59. The predicted molar refractivity (Wildman–Crippen MR) is 117 cm³/mol. The quantitative estimate of drug-likeness (QED) is 0.376. The summed E-state index contributed by atoms with van der Waals surface area (Å²) in [7, 11) is 0. The molecule has 3 aromatic rings. The number of thiocarbonyl (C=S) groups is 1. The first-order valence-corrected chi connectivity index (χ1v) is 9.60. The van der Waals surface area contributed by atoms with E-state index in [4.69, 9.17) is 28.6 Å². The van der Waals surface area contributed by atoms with Gasteiger partial charge in [0.2, 0.25) is 0 Å². The molecule has 0 heterocycles. The van der Waals surface area contributed by atoms with E-state index in [0.717, 1.165) is 30.8 Å². The van der Waals surface area contributed by atoms with Crippen molar-refractivity contribution >= 4 is 34.6 Å². The molecule has 3 aromatic carbocycles. The van der Waals surface area contributed by atoms with Gasteiger partial charge in [0.15, 0.2) is 5.11 Å². The summed E-state index contributed by atoms with van der Waals surface area (Å²) in [5, 5.41) is 7.69. The van der Waals surface area contributed by atoms with Crippen molar-refractivity contribution < 1.29 is 4.74 Å². The molecule has 0 radical (unpaired) electrons. The third kappa shape index (κ3) is 6.59. The SMILES string of the molecule is S=C(NCCCc1ccccc1)Nc1ccc(Oc2cccc(Cl)c2)cc1. The number of anilines is 1. The summed E-state index contributed by atoms with van der Waals surface area (Å²) in [4.78, 5) is 0. The first-order chi connectivity index (χ1) is 13.2. The van der Waals surface area contributed by atoms with Crippen molar-refractivity contribution in [3.63, 3.8) is 0 Å². The van der Waals surface area contributed by atoms with Crippen molar-refractivity contribution in [2.24, 2.45) is 0 Å². The number of ether oxygens (including phenoxy) is 1. The molecular weight excluding hydrogens is 376 g/mol. The van der Waals surface area contributed by atoms with Crippen molar-refractivity contribution in [2.45, 2.75) is 12.8 Å². The van der Waals surface area contributed by atoms with E-state index in [9.17, 15) is 0 Å². The van der Waals surface area contributed by atoms with E-state index in [-0.39, 0.29) is 0 Å². The summed E-state index contributed by atoms with van der Waals surface area (Å²) in [6.45, 7) is 0.830. The third-order valence-electron chi connectivity index (χ3n) is 3.91. The van der Waals surface area contributed by atoms with Gasteiger partial charge in [0.05, 0.1) is 0 Å². The summed E-state index contributed by atoms with van der Waals surface area (Å²) in [5.74, 6) is 1.45. The topological polar surface area (TPSA) is 33.3 Å². The molecule has 0 aliphatic heterocycles. The second kappa shape index (κ2) is 9.95. The standard InChI is InChI=1S/C22H21ClN2OS/c23-18-9-4-10-21(16-18)26-20-13-11-19(12-14-20)25-22(27)24-15-5-8-17-6-2-1-3-7-17/h1-4,6-7,9-14,16H,5,8,15H2,(H2,24,25,27). The highest BCUT2D eigenvalue weighted by Crippen LogP contribution is 2.25. The number of hydrogen-bond acceptors (Lipinski definition) is 2. The van der Waals surface area contributed by atoms with E-state index in [1.165, 1.54) is 5.56 Å². The molecule has 0 saturated heterocycles. The number of halogens is 1. The summed E-state index contributed by atoms with van der Waals surface area (Å²) >= 11 is 11.3. The lowest BCUT2D eigenvalue weighted by Crippen LogP contribution is -2.29. The van der Waals surface area contributed by atoms with Crippen LogP contribution in [0, 0.1) is 0 Å². The van der Waals surface area contributed by atoms with Gasteiger partial charge in [-0.3, -0.25) is 0 Å². The maximum absolute atomic E-state index is 5.97. The molecule has 3 nitrogen and oxygen atoms in total. The Balaban J connectivity index is 1.41. The minimum atomic E-state index is 0.617. The third-order valence-corrected chi connectivity index (χ3v) is 4.40. The molecule has 0 saturated carbocycles. The molecule has 0 fully saturated rings. The second-order valence-corrected chi connectivity index (χ2v) is 6.90. The zero-order valence-electron chi connectivity index (χ0n) is 14.8. The highest BCUT2D eigenvalue weighted by Gasteiger charge is 2.01. The van der Waals surface area contributed by atoms with Gasteiger partial charge in [-0.15, -0.1) is 0 Å². The summed E-state index contributed by atoms with van der Waals surface area (Å²) < 4.78 is 5.78. The van der Waals surface area contributed by atoms with Crippen molar-refractivity contribution in [2.75, 3.05) is 11.9 Å². The molecule has 0 atom stereocenters. The Morgan fingerprint density at radius 1 is 0.889 bits per heavy atom. The molecule has 5 heteroatoms. The van der Waals surface area contributed by atoms with Gasteiger partial charge >= 0.3 is 0 Å². The van der Waals surface area contributed by atoms with Gasteiger partial charge in [-0.05, 0) is 73.1 Å². The average molecular weight is 397 g/mol. The Bertz CT molecular complexity index is 869. The maximum Gasteiger partial charge on any atom is 0.170 e. The molecule has 0 aliphatic rings. The van der Waals surface area contributed by atoms with Gasteiger partial charge in [0.1, 0.15) is 11.5 Å². The fraction of sp³-hybridized carbons (Fsp3) is 0.136. The number of benzene rings is 3. The van der Waals surface area contributed by atoms with Crippen LogP contribution >= 0.6 is 23.8 Å². The van der Waals surface area contributed by atoms with E-state index in [1.807, 2.05) is 48.5 Å². The normalized spacial score (nSPS) is 10.3. The molecule has 0 bridgehead atoms.